The first kappa shape index (κ1) is 13.3. The number of nitrogens with one attached hydrogen (secondary N) is 1. The largest absolute Gasteiger partial charge is 0.497 e. The number of hydrogen-bond acceptors (Lipinski definition) is 3. The number of methoxy groups -OCH3 is 1. The molecule has 1 atom stereocenters. The lowest BCUT2D eigenvalue weighted by Crippen LogP contribution is -2.28. The van der Waals surface area contributed by atoms with E-state index in [2.05, 4.69) is 4.72 Å². The van der Waals surface area contributed by atoms with E-state index in [-0.39, 0.29) is 16.8 Å². The van der Waals surface area contributed by atoms with Crippen molar-refractivity contribution in [2.45, 2.75) is 17.2 Å². The van der Waals surface area contributed by atoms with Crippen molar-refractivity contribution in [2.75, 3.05) is 13.7 Å². The third-order valence-electron chi connectivity index (χ3n) is 1.92. The summed E-state index contributed by atoms with van der Waals surface area (Å²) in [5.74, 6) is 0.615. The summed E-state index contributed by atoms with van der Waals surface area (Å²) in [6, 6.07) is 6.16. The molecule has 1 rings (SSSR count). The second-order valence-corrected chi connectivity index (χ2v) is 5.82. The number of ether oxygens (including phenoxy) is 1. The topological polar surface area (TPSA) is 55.4 Å². The van der Waals surface area contributed by atoms with Gasteiger partial charge >= 0.3 is 0 Å². The van der Waals surface area contributed by atoms with E-state index in [9.17, 15) is 8.42 Å². The van der Waals surface area contributed by atoms with E-state index in [1.54, 1.807) is 19.1 Å². The van der Waals surface area contributed by atoms with Crippen LogP contribution in [0.25, 0.3) is 0 Å². The third kappa shape index (κ3) is 3.66. The molecule has 0 aliphatic heterocycles. The van der Waals surface area contributed by atoms with Gasteiger partial charge in [0.1, 0.15) is 5.75 Å². The van der Waals surface area contributed by atoms with Gasteiger partial charge in [-0.25, -0.2) is 13.1 Å². The number of sulfonamides is 1. The minimum atomic E-state index is -3.47. The number of alkyl halides is 1. The maximum atomic E-state index is 11.7. The Bertz CT molecular complexity index is 428. The molecule has 0 bridgehead atoms. The zero-order valence-corrected chi connectivity index (χ0v) is 10.7. The van der Waals surface area contributed by atoms with Crippen LogP contribution in [0.4, 0.5) is 0 Å². The van der Waals surface area contributed by atoms with E-state index in [4.69, 9.17) is 16.3 Å². The van der Waals surface area contributed by atoms with Crippen molar-refractivity contribution >= 4 is 21.6 Å². The minimum absolute atomic E-state index is 0.200. The molecule has 0 spiro atoms. The highest BCUT2D eigenvalue weighted by Crippen LogP contribution is 2.15. The summed E-state index contributed by atoms with van der Waals surface area (Å²) in [5.41, 5.74) is 0. The first-order valence-electron chi connectivity index (χ1n) is 4.73. The second kappa shape index (κ2) is 5.52. The second-order valence-electron chi connectivity index (χ2n) is 3.31. The third-order valence-corrected chi connectivity index (χ3v) is 3.52. The number of benzene rings is 1. The lowest BCUT2D eigenvalue weighted by atomic mass is 10.3. The molecule has 0 amide bonds. The van der Waals surface area contributed by atoms with E-state index in [1.165, 1.54) is 19.2 Å². The first-order valence-corrected chi connectivity index (χ1v) is 6.65. The Morgan fingerprint density at radius 1 is 1.38 bits per heavy atom. The molecule has 1 aromatic rings. The highest BCUT2D eigenvalue weighted by Gasteiger charge is 2.14. The molecule has 90 valence electrons. The highest BCUT2D eigenvalue weighted by molar-refractivity contribution is 7.89. The van der Waals surface area contributed by atoms with Crippen LogP contribution in [0.3, 0.4) is 0 Å². The van der Waals surface area contributed by atoms with Crippen LogP contribution in [0.1, 0.15) is 6.92 Å². The smallest absolute Gasteiger partial charge is 0.240 e. The lowest BCUT2D eigenvalue weighted by molar-refractivity contribution is 0.414. The molecule has 6 heteroatoms. The average molecular weight is 264 g/mol. The fraction of sp³-hybridized carbons (Fsp3) is 0.400. The summed E-state index contributed by atoms with van der Waals surface area (Å²) in [6.07, 6.45) is 0. The van der Waals surface area contributed by atoms with E-state index in [0.29, 0.717) is 5.75 Å². The molecule has 0 saturated carbocycles. The molecule has 0 heterocycles. The summed E-state index contributed by atoms with van der Waals surface area (Å²) >= 11 is 5.67. The molecule has 0 aromatic heterocycles. The fourth-order valence-electron chi connectivity index (χ4n) is 1.06. The normalized spacial score (nSPS) is 13.4. The first-order chi connectivity index (χ1) is 7.45. The summed E-state index contributed by atoms with van der Waals surface area (Å²) < 4.78 is 30.8. The predicted octanol–water partition coefficient (Wildman–Crippen LogP) is 1.60. The van der Waals surface area contributed by atoms with Crippen molar-refractivity contribution in [3.63, 3.8) is 0 Å². The molecule has 1 aromatic carbocycles. The van der Waals surface area contributed by atoms with Crippen molar-refractivity contribution < 1.29 is 13.2 Å². The van der Waals surface area contributed by atoms with Crippen molar-refractivity contribution in [1.82, 2.24) is 4.72 Å². The minimum Gasteiger partial charge on any atom is -0.497 e. The van der Waals surface area contributed by atoms with Crippen LogP contribution in [-0.2, 0) is 10.0 Å². The molecule has 4 nitrogen and oxygen atoms in total. The van der Waals surface area contributed by atoms with Gasteiger partial charge in [-0.2, -0.15) is 0 Å². The summed E-state index contributed by atoms with van der Waals surface area (Å²) in [7, 11) is -1.95. The van der Waals surface area contributed by atoms with Crippen LogP contribution in [0.5, 0.6) is 5.75 Å². The van der Waals surface area contributed by atoms with Gasteiger partial charge in [-0.1, -0.05) is 0 Å². The fourth-order valence-corrected chi connectivity index (χ4v) is 2.36. The predicted molar refractivity (Wildman–Crippen MR) is 63.5 cm³/mol. The van der Waals surface area contributed by atoms with Gasteiger partial charge in [0.2, 0.25) is 10.0 Å². The highest BCUT2D eigenvalue weighted by atomic mass is 35.5. The maximum absolute atomic E-state index is 11.7. The monoisotopic (exact) mass is 263 g/mol. The maximum Gasteiger partial charge on any atom is 0.240 e. The summed E-state index contributed by atoms with van der Waals surface area (Å²) in [6.45, 7) is 1.92. The zero-order valence-electron chi connectivity index (χ0n) is 9.10. The van der Waals surface area contributed by atoms with Gasteiger partial charge in [0, 0.05) is 11.9 Å². The Morgan fingerprint density at radius 3 is 2.38 bits per heavy atom. The molecule has 0 aliphatic rings. The van der Waals surface area contributed by atoms with Gasteiger partial charge < -0.3 is 4.74 Å². The van der Waals surface area contributed by atoms with Crippen LogP contribution in [0.15, 0.2) is 29.2 Å². The molecule has 0 radical (unpaired) electrons. The van der Waals surface area contributed by atoms with Crippen LogP contribution in [0.2, 0.25) is 0 Å². The molecule has 0 saturated heterocycles. The van der Waals surface area contributed by atoms with Gasteiger partial charge in [0.05, 0.1) is 12.0 Å². The molecule has 1 N–H and O–H groups in total. The molecule has 0 aliphatic carbocycles. The number of halogens is 1. The Morgan fingerprint density at radius 2 is 1.94 bits per heavy atom. The van der Waals surface area contributed by atoms with Crippen LogP contribution in [-0.4, -0.2) is 27.4 Å². The van der Waals surface area contributed by atoms with Gasteiger partial charge in [0.25, 0.3) is 0 Å². The SMILES string of the molecule is COc1ccc(S(=O)(=O)NCC(C)Cl)cc1. The quantitative estimate of drug-likeness (QED) is 0.821. The van der Waals surface area contributed by atoms with Crippen LogP contribution < -0.4 is 9.46 Å². The van der Waals surface area contributed by atoms with Gasteiger partial charge in [-0.15, -0.1) is 11.6 Å². The van der Waals surface area contributed by atoms with Crippen molar-refractivity contribution in [3.8, 4) is 5.75 Å². The lowest BCUT2D eigenvalue weighted by Gasteiger charge is -2.08. The Balaban J connectivity index is 2.82. The van der Waals surface area contributed by atoms with E-state index < -0.39 is 10.0 Å². The van der Waals surface area contributed by atoms with E-state index in [1.807, 2.05) is 0 Å². The van der Waals surface area contributed by atoms with Crippen LogP contribution in [0, 0.1) is 0 Å². The average Bonchev–Trinajstić information content (AvgIpc) is 2.27. The molecular formula is C10H14ClNO3S. The van der Waals surface area contributed by atoms with E-state index in [0.717, 1.165) is 0 Å². The molecule has 0 fully saturated rings. The Labute approximate surface area is 101 Å². The van der Waals surface area contributed by atoms with Crippen molar-refractivity contribution in [2.24, 2.45) is 0 Å². The number of rotatable bonds is 5. The van der Waals surface area contributed by atoms with Gasteiger partial charge in [-0.05, 0) is 31.2 Å². The Hall–Kier alpha value is -0.780. The molecular weight excluding hydrogens is 250 g/mol. The molecule has 1 unspecified atom stereocenters. The standard InChI is InChI=1S/C10H14ClNO3S/c1-8(11)7-12-16(13,14)10-5-3-9(15-2)4-6-10/h3-6,8,12H,7H2,1-2H3. The summed E-state index contributed by atoms with van der Waals surface area (Å²) in [4.78, 5) is 0.200. The summed E-state index contributed by atoms with van der Waals surface area (Å²) in [5, 5.41) is -0.243. The molecule has 16 heavy (non-hydrogen) atoms. The van der Waals surface area contributed by atoms with Crippen molar-refractivity contribution in [1.29, 1.82) is 0 Å². The van der Waals surface area contributed by atoms with E-state index >= 15 is 0 Å². The Kier molecular flexibility index (Phi) is 4.58. The van der Waals surface area contributed by atoms with Gasteiger partial charge in [-0.3, -0.25) is 0 Å². The van der Waals surface area contributed by atoms with Crippen molar-refractivity contribution in [3.05, 3.63) is 24.3 Å². The van der Waals surface area contributed by atoms with Crippen LogP contribution >= 0.6 is 11.6 Å². The number of hydrogen-bond donors (Lipinski definition) is 1. The van der Waals surface area contributed by atoms with Gasteiger partial charge in [0.15, 0.2) is 0 Å². The zero-order chi connectivity index (χ0) is 12.2.